The van der Waals surface area contributed by atoms with Crippen molar-refractivity contribution in [2.24, 2.45) is 23.5 Å². The van der Waals surface area contributed by atoms with Gasteiger partial charge in [0.1, 0.15) is 0 Å². The Bertz CT molecular complexity index is 530. The van der Waals surface area contributed by atoms with E-state index in [1.165, 1.54) is 19.3 Å². The van der Waals surface area contributed by atoms with Crippen LogP contribution in [0.1, 0.15) is 49.4 Å². The first kappa shape index (κ1) is 15.8. The van der Waals surface area contributed by atoms with Crippen LogP contribution in [0.5, 0.6) is 0 Å². The number of fused-ring (bicyclic) bond motifs is 1. The molecule has 2 aliphatic rings. The van der Waals surface area contributed by atoms with Crippen LogP contribution in [0.4, 0.5) is 0 Å². The summed E-state index contributed by atoms with van der Waals surface area (Å²) in [5.41, 5.74) is 6.82. The summed E-state index contributed by atoms with van der Waals surface area (Å²) >= 11 is 5.88. The number of nitrogens with one attached hydrogen (secondary N) is 1. The molecule has 0 heterocycles. The number of halogens is 1. The number of hydrogen-bond donors (Lipinski definition) is 2. The van der Waals surface area contributed by atoms with Gasteiger partial charge in [0.25, 0.3) is 5.91 Å². The molecular formula is C18H25ClN2O. The number of benzene rings is 1. The molecule has 4 heteroatoms. The Morgan fingerprint density at radius 3 is 2.73 bits per heavy atom. The average molecular weight is 321 g/mol. The maximum absolute atomic E-state index is 12.5. The highest BCUT2D eigenvalue weighted by atomic mass is 35.5. The largest absolute Gasteiger partial charge is 0.349 e. The summed E-state index contributed by atoms with van der Waals surface area (Å²) in [6.45, 7) is 2.16. The minimum atomic E-state index is 0.00858. The van der Waals surface area contributed by atoms with Gasteiger partial charge in [0, 0.05) is 22.7 Å². The lowest BCUT2D eigenvalue weighted by Gasteiger charge is -2.28. The van der Waals surface area contributed by atoms with Gasteiger partial charge in [-0.25, -0.2) is 0 Å². The van der Waals surface area contributed by atoms with E-state index in [-0.39, 0.29) is 11.9 Å². The molecule has 0 saturated heterocycles. The molecule has 1 aromatic rings. The van der Waals surface area contributed by atoms with Crippen LogP contribution in [0.25, 0.3) is 0 Å². The lowest BCUT2D eigenvalue weighted by atomic mass is 9.85. The van der Waals surface area contributed by atoms with Gasteiger partial charge in [-0.2, -0.15) is 0 Å². The highest BCUT2D eigenvalue weighted by Crippen LogP contribution is 2.48. The molecule has 3 rings (SSSR count). The zero-order valence-electron chi connectivity index (χ0n) is 13.1. The quantitative estimate of drug-likeness (QED) is 0.890. The van der Waals surface area contributed by atoms with Crippen molar-refractivity contribution in [3.05, 3.63) is 34.9 Å². The summed E-state index contributed by atoms with van der Waals surface area (Å²) in [5.74, 6) is 2.07. The predicted octanol–water partition coefficient (Wildman–Crippen LogP) is 3.61. The Hall–Kier alpha value is -1.06. The van der Waals surface area contributed by atoms with Crippen LogP contribution in [-0.2, 0) is 0 Å². The molecule has 2 saturated carbocycles. The molecule has 2 fully saturated rings. The average Bonchev–Trinajstić information content (AvgIpc) is 3.04. The van der Waals surface area contributed by atoms with Crippen LogP contribution in [0.15, 0.2) is 24.3 Å². The van der Waals surface area contributed by atoms with E-state index in [4.69, 9.17) is 17.3 Å². The van der Waals surface area contributed by atoms with E-state index >= 15 is 0 Å². The molecule has 3 N–H and O–H groups in total. The lowest BCUT2D eigenvalue weighted by molar-refractivity contribution is 0.0910. The van der Waals surface area contributed by atoms with Gasteiger partial charge in [-0.15, -0.1) is 0 Å². The second kappa shape index (κ2) is 6.59. The third-order valence-electron chi connectivity index (χ3n) is 5.59. The Labute approximate surface area is 137 Å². The zero-order valence-corrected chi connectivity index (χ0v) is 13.9. The van der Waals surface area contributed by atoms with Crippen molar-refractivity contribution >= 4 is 17.5 Å². The van der Waals surface area contributed by atoms with Gasteiger partial charge in [-0.3, -0.25) is 4.79 Å². The van der Waals surface area contributed by atoms with Crippen LogP contribution < -0.4 is 11.1 Å². The van der Waals surface area contributed by atoms with Crippen LogP contribution in [0.2, 0.25) is 5.02 Å². The topological polar surface area (TPSA) is 55.1 Å². The van der Waals surface area contributed by atoms with Crippen molar-refractivity contribution < 1.29 is 4.79 Å². The second-order valence-corrected chi connectivity index (χ2v) is 7.33. The Morgan fingerprint density at radius 1 is 1.32 bits per heavy atom. The van der Waals surface area contributed by atoms with Crippen molar-refractivity contribution in [1.29, 1.82) is 0 Å². The number of hydrogen-bond acceptors (Lipinski definition) is 2. The Morgan fingerprint density at radius 2 is 2.05 bits per heavy atom. The number of rotatable bonds is 4. The zero-order chi connectivity index (χ0) is 15.7. The minimum absolute atomic E-state index is 0.00858. The molecule has 5 atom stereocenters. The molecule has 2 aliphatic carbocycles. The maximum atomic E-state index is 12.5. The fraction of sp³-hybridized carbons (Fsp3) is 0.611. The minimum Gasteiger partial charge on any atom is -0.349 e. The molecule has 1 aromatic carbocycles. The maximum Gasteiger partial charge on any atom is 0.251 e. The molecule has 0 aromatic heterocycles. The molecule has 0 radical (unpaired) electrons. The van der Waals surface area contributed by atoms with Gasteiger partial charge in [0.05, 0.1) is 0 Å². The molecule has 0 spiro atoms. The second-order valence-electron chi connectivity index (χ2n) is 6.89. The van der Waals surface area contributed by atoms with Crippen molar-refractivity contribution in [3.8, 4) is 0 Å². The predicted molar refractivity (Wildman–Crippen MR) is 89.9 cm³/mol. The van der Waals surface area contributed by atoms with E-state index in [1.807, 2.05) is 0 Å². The molecule has 0 bridgehead atoms. The summed E-state index contributed by atoms with van der Waals surface area (Å²) in [5, 5.41) is 3.90. The summed E-state index contributed by atoms with van der Waals surface area (Å²) in [7, 11) is 0. The van der Waals surface area contributed by atoms with Crippen LogP contribution >= 0.6 is 11.6 Å². The summed E-state index contributed by atoms with van der Waals surface area (Å²) < 4.78 is 0. The fourth-order valence-corrected chi connectivity index (χ4v) is 4.67. The van der Waals surface area contributed by atoms with Gasteiger partial charge < -0.3 is 11.1 Å². The summed E-state index contributed by atoms with van der Waals surface area (Å²) in [4.78, 5) is 12.5. The smallest absolute Gasteiger partial charge is 0.251 e. The molecular weight excluding hydrogens is 296 g/mol. The normalized spacial score (nSPS) is 31.8. The van der Waals surface area contributed by atoms with E-state index in [2.05, 4.69) is 12.2 Å². The Kier molecular flexibility index (Phi) is 4.74. The number of carbonyl (C=O) groups is 1. The van der Waals surface area contributed by atoms with Crippen LogP contribution in [0, 0.1) is 17.8 Å². The number of carbonyl (C=O) groups excluding carboxylic acids is 1. The number of nitrogens with two attached hydrogens (primary N) is 1. The first-order chi connectivity index (χ1) is 10.6. The van der Waals surface area contributed by atoms with Gasteiger partial charge in [0.15, 0.2) is 0 Å². The summed E-state index contributed by atoms with van der Waals surface area (Å²) in [6, 6.07) is 7.71. The molecule has 3 nitrogen and oxygen atoms in total. The summed E-state index contributed by atoms with van der Waals surface area (Å²) in [6.07, 6.45) is 5.77. The first-order valence-electron chi connectivity index (χ1n) is 8.40. The highest BCUT2D eigenvalue weighted by Gasteiger charge is 2.44. The van der Waals surface area contributed by atoms with Crippen molar-refractivity contribution in [3.63, 3.8) is 0 Å². The third-order valence-corrected chi connectivity index (χ3v) is 5.84. The van der Waals surface area contributed by atoms with Crippen molar-refractivity contribution in [2.45, 2.75) is 51.1 Å². The molecule has 120 valence electrons. The molecule has 22 heavy (non-hydrogen) atoms. The van der Waals surface area contributed by atoms with Crippen LogP contribution in [0.3, 0.4) is 0 Å². The van der Waals surface area contributed by atoms with E-state index in [0.717, 1.165) is 18.8 Å². The van der Waals surface area contributed by atoms with Gasteiger partial charge in [-0.05, 0) is 74.1 Å². The van der Waals surface area contributed by atoms with Crippen molar-refractivity contribution in [2.75, 3.05) is 0 Å². The van der Waals surface area contributed by atoms with Gasteiger partial charge in [-0.1, -0.05) is 18.5 Å². The van der Waals surface area contributed by atoms with Crippen molar-refractivity contribution in [1.82, 2.24) is 5.32 Å². The fourth-order valence-electron chi connectivity index (χ4n) is 4.54. The van der Waals surface area contributed by atoms with Gasteiger partial charge in [0.2, 0.25) is 0 Å². The van der Waals surface area contributed by atoms with E-state index in [1.54, 1.807) is 24.3 Å². The van der Waals surface area contributed by atoms with E-state index < -0.39 is 0 Å². The first-order valence-corrected chi connectivity index (χ1v) is 8.78. The molecule has 1 amide bonds. The third kappa shape index (κ3) is 3.16. The lowest BCUT2D eigenvalue weighted by Crippen LogP contribution is -2.41. The Balaban J connectivity index is 1.67. The van der Waals surface area contributed by atoms with Gasteiger partial charge >= 0.3 is 0 Å². The highest BCUT2D eigenvalue weighted by molar-refractivity contribution is 6.30. The monoisotopic (exact) mass is 320 g/mol. The standard InChI is InChI=1S/C18H25ClN2O/c1-2-17(15-8-5-12-9-14(20)10-16(12)15)21-18(22)11-3-6-13(19)7-4-11/h3-4,6-7,12,14-17H,2,5,8-10,20H2,1H3,(H,21,22)/t12-,14-,15-,16+,17?/m1/s1. The molecule has 0 aliphatic heterocycles. The SMILES string of the molecule is CCC(NC(=O)c1ccc(Cl)cc1)[C@@H]1CC[C@@H]2C[C@@H](N)C[C@@H]21. The molecule has 1 unspecified atom stereocenters. The number of amides is 1. The van der Waals surface area contributed by atoms with E-state index in [9.17, 15) is 4.79 Å². The van der Waals surface area contributed by atoms with E-state index in [0.29, 0.717) is 28.5 Å². The van der Waals surface area contributed by atoms with Crippen LogP contribution in [-0.4, -0.2) is 18.0 Å².